The fourth-order valence-corrected chi connectivity index (χ4v) is 4.03. The molecule has 2 unspecified atom stereocenters. The SMILES string of the molecule is Cc1ccc(C2=NN(C(=O)COC(=O)C3(C)CC3(Cl)Cl)C(c3ccco3)C2)cc1. The summed E-state index contributed by atoms with van der Waals surface area (Å²) < 4.78 is 9.57. The largest absolute Gasteiger partial charge is 0.467 e. The molecule has 1 amide bonds. The van der Waals surface area contributed by atoms with Gasteiger partial charge in [0.2, 0.25) is 0 Å². The van der Waals surface area contributed by atoms with Crippen LogP contribution in [-0.2, 0) is 14.3 Å². The number of nitrogens with zero attached hydrogens (tertiary/aromatic N) is 2. The van der Waals surface area contributed by atoms with Crippen LogP contribution in [0.2, 0.25) is 0 Å². The first-order valence-electron chi connectivity index (χ1n) is 9.26. The summed E-state index contributed by atoms with van der Waals surface area (Å²) in [6.07, 6.45) is 2.35. The standard InChI is InChI=1S/C21H20Cl2N2O4/c1-13-5-7-14(8-6-13)15-10-16(17-4-3-9-28-17)25(24-15)18(26)11-29-19(27)20(2)12-21(20,22)23/h3-9,16H,10-12H2,1-2H3. The van der Waals surface area contributed by atoms with E-state index >= 15 is 0 Å². The average molecular weight is 435 g/mol. The van der Waals surface area contributed by atoms with Crippen molar-refractivity contribution in [1.82, 2.24) is 5.01 Å². The first-order chi connectivity index (χ1) is 13.7. The molecule has 2 heterocycles. The van der Waals surface area contributed by atoms with E-state index in [4.69, 9.17) is 32.4 Å². The molecule has 6 nitrogen and oxygen atoms in total. The molecule has 1 aromatic carbocycles. The Balaban J connectivity index is 1.51. The second-order valence-corrected chi connectivity index (χ2v) is 9.16. The van der Waals surface area contributed by atoms with Gasteiger partial charge in [0.15, 0.2) is 6.61 Å². The first kappa shape index (κ1) is 20.0. The molecule has 1 aliphatic heterocycles. The van der Waals surface area contributed by atoms with Crippen LogP contribution >= 0.6 is 23.2 Å². The third kappa shape index (κ3) is 3.67. The van der Waals surface area contributed by atoms with E-state index in [1.54, 1.807) is 25.3 Å². The van der Waals surface area contributed by atoms with Crippen molar-refractivity contribution in [2.45, 2.75) is 37.1 Å². The number of hydrazone groups is 1. The van der Waals surface area contributed by atoms with Crippen LogP contribution in [0.4, 0.5) is 0 Å². The summed E-state index contributed by atoms with van der Waals surface area (Å²) in [4.78, 5) is 25.1. The number of hydrogen-bond donors (Lipinski definition) is 0. The van der Waals surface area contributed by atoms with Crippen molar-refractivity contribution in [2.75, 3.05) is 6.61 Å². The Morgan fingerprint density at radius 1 is 1.28 bits per heavy atom. The predicted octanol–water partition coefficient (Wildman–Crippen LogP) is 4.39. The average Bonchev–Trinajstić information content (AvgIpc) is 3.15. The lowest BCUT2D eigenvalue weighted by Gasteiger charge is -2.20. The Kier molecular flexibility index (Phi) is 4.95. The van der Waals surface area contributed by atoms with Crippen molar-refractivity contribution in [1.29, 1.82) is 0 Å². The lowest BCUT2D eigenvalue weighted by atomic mass is 10.0. The topological polar surface area (TPSA) is 72.1 Å². The van der Waals surface area contributed by atoms with Gasteiger partial charge >= 0.3 is 5.97 Å². The highest BCUT2D eigenvalue weighted by Crippen LogP contribution is 2.64. The molecule has 0 spiro atoms. The van der Waals surface area contributed by atoms with E-state index in [0.29, 0.717) is 18.6 Å². The molecule has 8 heteroatoms. The maximum Gasteiger partial charge on any atom is 0.315 e. The molecule has 1 fully saturated rings. The summed E-state index contributed by atoms with van der Waals surface area (Å²) in [5, 5.41) is 5.83. The smallest absolute Gasteiger partial charge is 0.315 e. The summed E-state index contributed by atoms with van der Waals surface area (Å²) >= 11 is 12.0. The van der Waals surface area contributed by atoms with Gasteiger partial charge in [-0.25, -0.2) is 5.01 Å². The predicted molar refractivity (Wildman–Crippen MR) is 109 cm³/mol. The molecule has 1 aliphatic carbocycles. The number of benzene rings is 1. The van der Waals surface area contributed by atoms with E-state index in [9.17, 15) is 9.59 Å². The van der Waals surface area contributed by atoms with Crippen LogP contribution in [0, 0.1) is 12.3 Å². The van der Waals surface area contributed by atoms with Gasteiger partial charge in [0.25, 0.3) is 5.91 Å². The second kappa shape index (κ2) is 7.18. The van der Waals surface area contributed by atoms with Crippen molar-refractivity contribution >= 4 is 40.8 Å². The number of furan rings is 1. The molecule has 1 aromatic heterocycles. The lowest BCUT2D eigenvalue weighted by Crippen LogP contribution is -2.33. The van der Waals surface area contributed by atoms with E-state index in [2.05, 4.69) is 5.10 Å². The van der Waals surface area contributed by atoms with E-state index in [0.717, 1.165) is 16.8 Å². The Hall–Kier alpha value is -2.31. The number of amides is 1. The third-order valence-electron chi connectivity index (χ3n) is 5.46. The Morgan fingerprint density at radius 3 is 2.55 bits per heavy atom. The maximum atomic E-state index is 12.8. The molecule has 152 valence electrons. The monoisotopic (exact) mass is 434 g/mol. The number of ether oxygens (including phenoxy) is 1. The van der Waals surface area contributed by atoms with Gasteiger partial charge in [-0.3, -0.25) is 9.59 Å². The molecular weight excluding hydrogens is 415 g/mol. The highest BCUT2D eigenvalue weighted by Gasteiger charge is 2.69. The van der Waals surface area contributed by atoms with Crippen molar-refractivity contribution in [3.63, 3.8) is 0 Å². The van der Waals surface area contributed by atoms with Crippen LogP contribution < -0.4 is 0 Å². The number of hydrogen-bond acceptors (Lipinski definition) is 5. The summed E-state index contributed by atoms with van der Waals surface area (Å²) in [6.45, 7) is 3.18. The number of halogens is 2. The summed E-state index contributed by atoms with van der Waals surface area (Å²) in [5.41, 5.74) is 1.84. The minimum atomic E-state index is -1.14. The van der Waals surface area contributed by atoms with Crippen LogP contribution in [0.3, 0.4) is 0 Å². The normalized spacial score (nSPS) is 24.9. The Morgan fingerprint density at radius 2 is 1.97 bits per heavy atom. The highest BCUT2D eigenvalue weighted by atomic mass is 35.5. The minimum Gasteiger partial charge on any atom is -0.467 e. The quantitative estimate of drug-likeness (QED) is 0.516. The van der Waals surface area contributed by atoms with Crippen molar-refractivity contribution in [2.24, 2.45) is 10.5 Å². The van der Waals surface area contributed by atoms with Gasteiger partial charge in [0.1, 0.15) is 21.6 Å². The third-order valence-corrected chi connectivity index (χ3v) is 6.56. The number of alkyl halides is 2. The van der Waals surface area contributed by atoms with Crippen molar-refractivity contribution < 1.29 is 18.7 Å². The van der Waals surface area contributed by atoms with Gasteiger partial charge in [0.05, 0.1) is 12.0 Å². The fourth-order valence-electron chi connectivity index (χ4n) is 3.34. The Bertz CT molecular complexity index is 969. The molecule has 0 radical (unpaired) electrons. The molecule has 2 aromatic rings. The van der Waals surface area contributed by atoms with Crippen LogP contribution in [0.25, 0.3) is 0 Å². The molecule has 2 aliphatic rings. The van der Waals surface area contributed by atoms with Gasteiger partial charge in [-0.05, 0) is 31.5 Å². The van der Waals surface area contributed by atoms with E-state index in [1.165, 1.54) is 5.01 Å². The zero-order chi connectivity index (χ0) is 20.8. The summed E-state index contributed by atoms with van der Waals surface area (Å²) in [7, 11) is 0. The van der Waals surface area contributed by atoms with Gasteiger partial charge in [0, 0.05) is 12.8 Å². The molecular formula is C21H20Cl2N2O4. The summed E-state index contributed by atoms with van der Waals surface area (Å²) in [5.74, 6) is -0.418. The van der Waals surface area contributed by atoms with Crippen LogP contribution in [0.15, 0.2) is 52.2 Å². The molecule has 4 rings (SSSR count). The molecule has 29 heavy (non-hydrogen) atoms. The number of aryl methyl sites for hydroxylation is 1. The number of esters is 1. The maximum absolute atomic E-state index is 12.8. The van der Waals surface area contributed by atoms with E-state index in [-0.39, 0.29) is 0 Å². The fraction of sp³-hybridized carbons (Fsp3) is 0.381. The molecule has 1 saturated carbocycles. The summed E-state index contributed by atoms with van der Waals surface area (Å²) in [6, 6.07) is 11.1. The molecule has 2 atom stereocenters. The zero-order valence-electron chi connectivity index (χ0n) is 16.0. The van der Waals surface area contributed by atoms with Crippen molar-refractivity contribution in [3.05, 3.63) is 59.5 Å². The number of carbonyl (C=O) groups is 2. The van der Waals surface area contributed by atoms with Gasteiger partial charge in [-0.2, -0.15) is 5.10 Å². The van der Waals surface area contributed by atoms with Gasteiger partial charge in [-0.15, -0.1) is 23.2 Å². The van der Waals surface area contributed by atoms with Gasteiger partial charge < -0.3 is 9.15 Å². The Labute approximate surface area is 178 Å². The van der Waals surface area contributed by atoms with Gasteiger partial charge in [-0.1, -0.05) is 29.8 Å². The lowest BCUT2D eigenvalue weighted by molar-refractivity contribution is -0.157. The van der Waals surface area contributed by atoms with Crippen LogP contribution in [0.1, 0.15) is 42.7 Å². The van der Waals surface area contributed by atoms with E-state index in [1.807, 2.05) is 31.2 Å². The van der Waals surface area contributed by atoms with E-state index < -0.39 is 34.3 Å². The number of carbonyl (C=O) groups excluding carboxylic acids is 2. The highest BCUT2D eigenvalue weighted by molar-refractivity contribution is 6.53. The van der Waals surface area contributed by atoms with Crippen LogP contribution in [0.5, 0.6) is 0 Å². The van der Waals surface area contributed by atoms with Crippen molar-refractivity contribution in [3.8, 4) is 0 Å². The molecule has 0 saturated heterocycles. The molecule has 0 bridgehead atoms. The molecule has 0 N–H and O–H groups in total. The van der Waals surface area contributed by atoms with Crippen LogP contribution in [-0.4, -0.2) is 33.5 Å². The first-order valence-corrected chi connectivity index (χ1v) is 10.0. The number of rotatable bonds is 5. The minimum absolute atomic E-state index is 0.296. The zero-order valence-corrected chi connectivity index (χ0v) is 17.5. The second-order valence-electron chi connectivity index (χ2n) is 7.68.